The monoisotopic (exact) mass is 338 g/mol. The van der Waals surface area contributed by atoms with Gasteiger partial charge in [0.25, 0.3) is 0 Å². The number of hydrogen-bond donors (Lipinski definition) is 0. The molecule has 3 aromatic rings. The zero-order chi connectivity index (χ0) is 17.5. The predicted octanol–water partition coefficient (Wildman–Crippen LogP) is 3.56. The van der Waals surface area contributed by atoms with Crippen LogP contribution in [-0.2, 0) is 6.18 Å². The highest BCUT2D eigenvalue weighted by Crippen LogP contribution is 2.33. The maximum Gasteiger partial charge on any atom is 0.416 e. The number of aryl methyl sites for hydroxylation is 1. The minimum Gasteiger partial charge on any atom is -0.480 e. The number of ether oxygens (including phenoxy) is 1. The molecule has 1 aromatic carbocycles. The SMILES string of the molecule is COc1nc2c(-c3ccc(C(F)(F)F)cc3F)ncnc2nc1C. The van der Waals surface area contributed by atoms with Crippen LogP contribution in [0, 0.1) is 12.7 Å². The van der Waals surface area contributed by atoms with Crippen molar-refractivity contribution in [1.82, 2.24) is 19.9 Å². The first kappa shape index (κ1) is 16.0. The van der Waals surface area contributed by atoms with Crippen LogP contribution in [0.2, 0.25) is 0 Å². The lowest BCUT2D eigenvalue weighted by Gasteiger charge is -2.10. The van der Waals surface area contributed by atoms with Gasteiger partial charge < -0.3 is 4.74 Å². The molecule has 0 aliphatic carbocycles. The summed E-state index contributed by atoms with van der Waals surface area (Å²) < 4.78 is 57.3. The maximum atomic E-state index is 14.2. The molecule has 0 unspecified atom stereocenters. The molecule has 2 heterocycles. The van der Waals surface area contributed by atoms with Crippen LogP contribution in [0.5, 0.6) is 5.88 Å². The third-order valence-corrected chi connectivity index (χ3v) is 3.34. The van der Waals surface area contributed by atoms with E-state index in [9.17, 15) is 17.6 Å². The largest absolute Gasteiger partial charge is 0.480 e. The lowest BCUT2D eigenvalue weighted by Crippen LogP contribution is -2.06. The molecule has 0 bridgehead atoms. The summed E-state index contributed by atoms with van der Waals surface area (Å²) in [5, 5.41) is 0. The van der Waals surface area contributed by atoms with Gasteiger partial charge in [-0.2, -0.15) is 13.2 Å². The van der Waals surface area contributed by atoms with E-state index < -0.39 is 17.6 Å². The van der Waals surface area contributed by atoms with Gasteiger partial charge in [0.2, 0.25) is 5.88 Å². The summed E-state index contributed by atoms with van der Waals surface area (Å²) in [6.07, 6.45) is -3.48. The predicted molar refractivity (Wildman–Crippen MR) is 76.8 cm³/mol. The Labute approximate surface area is 133 Å². The van der Waals surface area contributed by atoms with Crippen LogP contribution in [0.3, 0.4) is 0 Å². The van der Waals surface area contributed by atoms with Crippen molar-refractivity contribution in [3.63, 3.8) is 0 Å². The van der Waals surface area contributed by atoms with E-state index in [1.807, 2.05) is 0 Å². The minimum atomic E-state index is -4.63. The lowest BCUT2D eigenvalue weighted by molar-refractivity contribution is -0.137. The molecule has 0 N–H and O–H groups in total. The van der Waals surface area contributed by atoms with Crippen LogP contribution < -0.4 is 4.74 Å². The van der Waals surface area contributed by atoms with E-state index in [4.69, 9.17) is 4.74 Å². The van der Waals surface area contributed by atoms with Crippen molar-refractivity contribution in [2.75, 3.05) is 7.11 Å². The molecule has 24 heavy (non-hydrogen) atoms. The quantitative estimate of drug-likeness (QED) is 0.669. The number of methoxy groups -OCH3 is 1. The standard InChI is InChI=1S/C15H10F4N4O/c1-7-14(24-2)23-12-11(20-6-21-13(12)22-7)9-4-3-8(5-10(9)16)15(17,18)19/h3-6H,1-2H3. The van der Waals surface area contributed by atoms with Gasteiger partial charge in [-0.25, -0.2) is 24.3 Å². The maximum absolute atomic E-state index is 14.2. The Morgan fingerprint density at radius 2 is 1.83 bits per heavy atom. The second-order valence-corrected chi connectivity index (χ2v) is 4.91. The first-order valence-electron chi connectivity index (χ1n) is 6.71. The number of alkyl halides is 3. The Balaban J connectivity index is 2.23. The smallest absolute Gasteiger partial charge is 0.416 e. The molecule has 0 spiro atoms. The third-order valence-electron chi connectivity index (χ3n) is 3.34. The summed E-state index contributed by atoms with van der Waals surface area (Å²) in [7, 11) is 1.39. The van der Waals surface area contributed by atoms with E-state index >= 15 is 0 Å². The summed E-state index contributed by atoms with van der Waals surface area (Å²) in [6.45, 7) is 1.66. The number of rotatable bonds is 2. The van der Waals surface area contributed by atoms with Gasteiger partial charge in [-0.3, -0.25) is 0 Å². The van der Waals surface area contributed by atoms with E-state index in [1.165, 1.54) is 7.11 Å². The minimum absolute atomic E-state index is 0.0389. The fraction of sp³-hybridized carbons (Fsp3) is 0.200. The van der Waals surface area contributed by atoms with E-state index in [0.717, 1.165) is 18.5 Å². The molecular weight excluding hydrogens is 328 g/mol. The summed E-state index contributed by atoms with van der Waals surface area (Å²) in [5.74, 6) is -0.864. The molecule has 0 saturated heterocycles. The Kier molecular flexibility index (Phi) is 3.78. The van der Waals surface area contributed by atoms with Gasteiger partial charge in [-0.05, 0) is 25.1 Å². The number of benzene rings is 1. The molecule has 0 fully saturated rings. The molecule has 3 rings (SSSR count). The number of nitrogens with zero attached hydrogens (tertiary/aromatic N) is 4. The van der Waals surface area contributed by atoms with Gasteiger partial charge in [-0.1, -0.05) is 0 Å². The highest BCUT2D eigenvalue weighted by atomic mass is 19.4. The van der Waals surface area contributed by atoms with E-state index in [-0.39, 0.29) is 28.3 Å². The zero-order valence-corrected chi connectivity index (χ0v) is 12.5. The lowest BCUT2D eigenvalue weighted by atomic mass is 10.1. The van der Waals surface area contributed by atoms with Crippen molar-refractivity contribution in [2.45, 2.75) is 13.1 Å². The van der Waals surface area contributed by atoms with Crippen molar-refractivity contribution in [1.29, 1.82) is 0 Å². The Morgan fingerprint density at radius 1 is 1.08 bits per heavy atom. The molecule has 0 radical (unpaired) electrons. The Morgan fingerprint density at radius 3 is 2.46 bits per heavy atom. The molecule has 124 valence electrons. The van der Waals surface area contributed by atoms with Gasteiger partial charge in [0.05, 0.1) is 12.7 Å². The van der Waals surface area contributed by atoms with E-state index in [1.54, 1.807) is 6.92 Å². The fourth-order valence-corrected chi connectivity index (χ4v) is 2.22. The topological polar surface area (TPSA) is 60.8 Å². The van der Waals surface area contributed by atoms with Gasteiger partial charge in [0, 0.05) is 5.56 Å². The number of fused-ring (bicyclic) bond motifs is 1. The molecule has 0 aliphatic rings. The average molecular weight is 338 g/mol. The summed E-state index contributed by atoms with van der Waals surface area (Å²) in [6, 6.07) is 2.21. The van der Waals surface area contributed by atoms with Gasteiger partial charge in [0.1, 0.15) is 29.0 Å². The molecule has 0 amide bonds. The van der Waals surface area contributed by atoms with Crippen molar-refractivity contribution >= 4 is 11.2 Å². The summed E-state index contributed by atoms with van der Waals surface area (Å²) >= 11 is 0. The second-order valence-electron chi connectivity index (χ2n) is 4.91. The van der Waals surface area contributed by atoms with Crippen LogP contribution in [-0.4, -0.2) is 27.0 Å². The van der Waals surface area contributed by atoms with Crippen LogP contribution >= 0.6 is 0 Å². The van der Waals surface area contributed by atoms with Crippen molar-refractivity contribution in [3.8, 4) is 17.1 Å². The zero-order valence-electron chi connectivity index (χ0n) is 12.5. The summed E-state index contributed by atoms with van der Waals surface area (Å²) in [4.78, 5) is 16.3. The number of aromatic nitrogens is 4. The second kappa shape index (κ2) is 5.66. The van der Waals surface area contributed by atoms with Crippen LogP contribution in [0.1, 0.15) is 11.3 Å². The normalized spacial score (nSPS) is 11.8. The molecule has 0 aliphatic heterocycles. The van der Waals surface area contributed by atoms with E-state index in [0.29, 0.717) is 11.8 Å². The first-order valence-corrected chi connectivity index (χ1v) is 6.71. The van der Waals surface area contributed by atoms with E-state index in [2.05, 4.69) is 19.9 Å². The van der Waals surface area contributed by atoms with Crippen molar-refractivity contribution in [3.05, 3.63) is 41.6 Å². The molecular formula is C15H10F4N4O. The van der Waals surface area contributed by atoms with Gasteiger partial charge in [0.15, 0.2) is 5.65 Å². The Hall–Kier alpha value is -2.84. The average Bonchev–Trinajstić information content (AvgIpc) is 2.52. The molecule has 0 saturated carbocycles. The van der Waals surface area contributed by atoms with Crippen LogP contribution in [0.15, 0.2) is 24.5 Å². The Bertz CT molecular complexity index is 927. The van der Waals surface area contributed by atoms with Crippen molar-refractivity contribution < 1.29 is 22.3 Å². The molecule has 2 aromatic heterocycles. The van der Waals surface area contributed by atoms with Crippen molar-refractivity contribution in [2.24, 2.45) is 0 Å². The highest BCUT2D eigenvalue weighted by molar-refractivity contribution is 5.87. The van der Waals surface area contributed by atoms with Crippen LogP contribution in [0.25, 0.3) is 22.4 Å². The van der Waals surface area contributed by atoms with Crippen LogP contribution in [0.4, 0.5) is 17.6 Å². The molecule has 0 atom stereocenters. The molecule has 5 nitrogen and oxygen atoms in total. The summed E-state index contributed by atoms with van der Waals surface area (Å²) in [5.41, 5.74) is -0.368. The highest BCUT2D eigenvalue weighted by Gasteiger charge is 2.31. The first-order chi connectivity index (χ1) is 11.3. The number of halogens is 4. The number of hydrogen-bond acceptors (Lipinski definition) is 5. The fourth-order valence-electron chi connectivity index (χ4n) is 2.22. The molecule has 9 heteroatoms. The van der Waals surface area contributed by atoms with Gasteiger partial charge in [-0.15, -0.1) is 0 Å². The van der Waals surface area contributed by atoms with Gasteiger partial charge >= 0.3 is 6.18 Å². The third kappa shape index (κ3) is 2.72.